The van der Waals surface area contributed by atoms with Crippen LogP contribution in [0, 0.1) is 0 Å². The predicted molar refractivity (Wildman–Crippen MR) is 67.2 cm³/mol. The van der Waals surface area contributed by atoms with E-state index in [0.717, 1.165) is 30.8 Å². The van der Waals surface area contributed by atoms with E-state index in [1.807, 2.05) is 12.1 Å². The van der Waals surface area contributed by atoms with Crippen molar-refractivity contribution >= 4 is 17.2 Å². The summed E-state index contributed by atoms with van der Waals surface area (Å²) in [7, 11) is 0. The molecule has 1 aromatic rings. The second kappa shape index (κ2) is 5.16. The number of ether oxygens (including phenoxy) is 2. The fourth-order valence-corrected chi connectivity index (χ4v) is 1.85. The molecule has 1 aliphatic rings. The van der Waals surface area contributed by atoms with Crippen molar-refractivity contribution in [2.75, 3.05) is 13.2 Å². The molecule has 86 valence electrons. The summed E-state index contributed by atoms with van der Waals surface area (Å²) in [6.45, 7) is 1.26. The van der Waals surface area contributed by atoms with Gasteiger partial charge in [-0.05, 0) is 37.0 Å². The first kappa shape index (κ1) is 11.2. The van der Waals surface area contributed by atoms with Crippen LogP contribution in [0.5, 0.6) is 11.5 Å². The van der Waals surface area contributed by atoms with Gasteiger partial charge in [0, 0.05) is 0 Å². The average molecular weight is 237 g/mol. The zero-order valence-electron chi connectivity index (χ0n) is 9.07. The predicted octanol–water partition coefficient (Wildman–Crippen LogP) is 2.07. The monoisotopic (exact) mass is 237 g/mol. The van der Waals surface area contributed by atoms with Gasteiger partial charge in [0.25, 0.3) is 0 Å². The van der Waals surface area contributed by atoms with Crippen LogP contribution < -0.4 is 15.2 Å². The van der Waals surface area contributed by atoms with Crippen LogP contribution in [0.3, 0.4) is 0 Å². The highest BCUT2D eigenvalue weighted by molar-refractivity contribution is 7.80. The van der Waals surface area contributed by atoms with Crippen molar-refractivity contribution in [3.05, 3.63) is 23.8 Å². The Labute approximate surface area is 101 Å². The third kappa shape index (κ3) is 2.85. The second-order valence-electron chi connectivity index (χ2n) is 3.80. The maximum absolute atomic E-state index is 5.52. The van der Waals surface area contributed by atoms with Gasteiger partial charge >= 0.3 is 0 Å². The molecule has 0 radical (unpaired) electrons. The number of benzene rings is 1. The topological polar surface area (TPSA) is 44.5 Å². The second-order valence-corrected chi connectivity index (χ2v) is 4.32. The molecule has 2 N–H and O–H groups in total. The lowest BCUT2D eigenvalue weighted by atomic mass is 10.1. The molecule has 0 spiro atoms. The van der Waals surface area contributed by atoms with E-state index in [0.29, 0.717) is 18.2 Å². The fourth-order valence-electron chi connectivity index (χ4n) is 1.71. The normalized spacial score (nSPS) is 13.5. The van der Waals surface area contributed by atoms with Gasteiger partial charge in [0.05, 0.1) is 4.99 Å². The maximum Gasteiger partial charge on any atom is 0.161 e. The van der Waals surface area contributed by atoms with E-state index < -0.39 is 0 Å². The first-order valence-electron chi connectivity index (χ1n) is 5.42. The number of aryl methyl sites for hydroxylation is 1. The summed E-state index contributed by atoms with van der Waals surface area (Å²) in [5, 5.41) is 0. The van der Waals surface area contributed by atoms with Crippen molar-refractivity contribution in [1.82, 2.24) is 0 Å². The molecule has 0 aliphatic carbocycles. The van der Waals surface area contributed by atoms with Crippen molar-refractivity contribution in [3.8, 4) is 11.5 Å². The van der Waals surface area contributed by atoms with E-state index >= 15 is 0 Å². The Morgan fingerprint density at radius 3 is 2.75 bits per heavy atom. The first-order chi connectivity index (χ1) is 7.75. The van der Waals surface area contributed by atoms with Gasteiger partial charge in [-0.3, -0.25) is 0 Å². The van der Waals surface area contributed by atoms with Gasteiger partial charge < -0.3 is 15.2 Å². The molecule has 0 bridgehead atoms. The molecular weight excluding hydrogens is 222 g/mol. The van der Waals surface area contributed by atoms with Gasteiger partial charge in [0.2, 0.25) is 0 Å². The van der Waals surface area contributed by atoms with E-state index in [9.17, 15) is 0 Å². The molecule has 0 aromatic heterocycles. The van der Waals surface area contributed by atoms with Crippen LogP contribution in [-0.2, 0) is 6.42 Å². The molecule has 0 saturated carbocycles. The minimum atomic E-state index is 0.581. The average Bonchev–Trinajstić information content (AvgIpc) is 2.28. The van der Waals surface area contributed by atoms with Gasteiger partial charge in [-0.2, -0.15) is 0 Å². The number of hydrogen-bond donors (Lipinski definition) is 1. The number of nitrogens with two attached hydrogens (primary N) is 1. The molecule has 16 heavy (non-hydrogen) atoms. The van der Waals surface area contributed by atoms with Crippen molar-refractivity contribution in [2.45, 2.75) is 19.3 Å². The summed E-state index contributed by atoms with van der Waals surface area (Å²) in [5.41, 5.74) is 6.69. The van der Waals surface area contributed by atoms with Crippen molar-refractivity contribution < 1.29 is 9.47 Å². The molecule has 3 nitrogen and oxygen atoms in total. The third-order valence-corrected chi connectivity index (χ3v) is 2.70. The molecule has 0 fully saturated rings. The van der Waals surface area contributed by atoms with E-state index in [4.69, 9.17) is 27.4 Å². The van der Waals surface area contributed by atoms with Crippen LogP contribution in [0.15, 0.2) is 18.2 Å². The Hall–Kier alpha value is -1.29. The quantitative estimate of drug-likeness (QED) is 0.814. The summed E-state index contributed by atoms with van der Waals surface area (Å²) in [6.07, 6.45) is 2.74. The van der Waals surface area contributed by atoms with E-state index in [-0.39, 0.29) is 0 Å². The SMILES string of the molecule is NC(=S)CCCc1ccc2c(c1)OCCO2. The highest BCUT2D eigenvalue weighted by atomic mass is 32.1. The molecule has 0 atom stereocenters. The standard InChI is InChI=1S/C12H15NO2S/c13-12(16)3-1-2-9-4-5-10-11(8-9)15-7-6-14-10/h4-5,8H,1-3,6-7H2,(H2,13,16). The lowest BCUT2D eigenvalue weighted by Gasteiger charge is -2.18. The summed E-state index contributed by atoms with van der Waals surface area (Å²) in [5.74, 6) is 1.68. The van der Waals surface area contributed by atoms with E-state index in [1.165, 1.54) is 5.56 Å². The van der Waals surface area contributed by atoms with Crippen LogP contribution in [0.2, 0.25) is 0 Å². The molecule has 2 rings (SSSR count). The molecule has 0 saturated heterocycles. The minimum Gasteiger partial charge on any atom is -0.486 e. The van der Waals surface area contributed by atoms with Crippen LogP contribution in [0.25, 0.3) is 0 Å². The highest BCUT2D eigenvalue weighted by Crippen LogP contribution is 2.31. The Kier molecular flexibility index (Phi) is 3.62. The molecule has 4 heteroatoms. The molecule has 1 aromatic carbocycles. The van der Waals surface area contributed by atoms with E-state index in [2.05, 4.69) is 6.07 Å². The minimum absolute atomic E-state index is 0.581. The van der Waals surface area contributed by atoms with E-state index in [1.54, 1.807) is 0 Å². The summed E-state index contributed by atoms with van der Waals surface area (Å²) in [4.78, 5) is 0.581. The Morgan fingerprint density at radius 1 is 1.25 bits per heavy atom. The lowest BCUT2D eigenvalue weighted by molar-refractivity contribution is 0.171. The van der Waals surface area contributed by atoms with Gasteiger partial charge in [0.15, 0.2) is 11.5 Å². The lowest BCUT2D eigenvalue weighted by Crippen LogP contribution is -2.15. The summed E-state index contributed by atoms with van der Waals surface area (Å²) >= 11 is 4.84. The molecule has 1 aliphatic heterocycles. The molecule has 1 heterocycles. The van der Waals surface area contributed by atoms with Gasteiger partial charge in [0.1, 0.15) is 13.2 Å². The maximum atomic E-state index is 5.52. The van der Waals surface area contributed by atoms with Gasteiger partial charge in [-0.15, -0.1) is 0 Å². The van der Waals surface area contributed by atoms with Crippen LogP contribution in [0.1, 0.15) is 18.4 Å². The number of rotatable bonds is 4. The molecule has 0 amide bonds. The van der Waals surface area contributed by atoms with Crippen LogP contribution in [-0.4, -0.2) is 18.2 Å². The Morgan fingerprint density at radius 2 is 2.00 bits per heavy atom. The Bertz CT molecular complexity index is 393. The Balaban J connectivity index is 1.97. The fraction of sp³-hybridized carbons (Fsp3) is 0.417. The largest absolute Gasteiger partial charge is 0.486 e. The molecular formula is C12H15NO2S. The summed E-state index contributed by atoms with van der Waals surface area (Å²) in [6, 6.07) is 6.06. The third-order valence-electron chi connectivity index (χ3n) is 2.50. The zero-order chi connectivity index (χ0) is 11.4. The highest BCUT2D eigenvalue weighted by Gasteiger charge is 2.11. The molecule has 0 unspecified atom stereocenters. The summed E-state index contributed by atoms with van der Waals surface area (Å²) < 4.78 is 11.0. The smallest absolute Gasteiger partial charge is 0.161 e. The van der Waals surface area contributed by atoms with Crippen molar-refractivity contribution in [3.63, 3.8) is 0 Å². The van der Waals surface area contributed by atoms with Crippen LogP contribution >= 0.6 is 12.2 Å². The van der Waals surface area contributed by atoms with Gasteiger partial charge in [-0.1, -0.05) is 18.3 Å². The van der Waals surface area contributed by atoms with Crippen LogP contribution in [0.4, 0.5) is 0 Å². The van der Waals surface area contributed by atoms with Gasteiger partial charge in [-0.25, -0.2) is 0 Å². The number of thiocarbonyl (C=S) groups is 1. The van der Waals surface area contributed by atoms with Crippen molar-refractivity contribution in [1.29, 1.82) is 0 Å². The zero-order valence-corrected chi connectivity index (χ0v) is 9.89. The number of fused-ring (bicyclic) bond motifs is 1. The first-order valence-corrected chi connectivity index (χ1v) is 5.83. The number of hydrogen-bond acceptors (Lipinski definition) is 3. The van der Waals surface area contributed by atoms with Crippen molar-refractivity contribution in [2.24, 2.45) is 5.73 Å².